The lowest BCUT2D eigenvalue weighted by atomic mass is 9.36. The van der Waals surface area contributed by atoms with Crippen LogP contribution in [-0.4, -0.2) is 76.5 Å². The van der Waals surface area contributed by atoms with Crippen molar-refractivity contribution in [1.82, 2.24) is 0 Å². The molecule has 4 bridgehead atoms. The van der Waals surface area contributed by atoms with Gasteiger partial charge < -0.3 is 37.9 Å². The summed E-state index contributed by atoms with van der Waals surface area (Å²) in [6, 6.07) is 1.56. The molecule has 3 saturated carbocycles. The fourth-order valence-electron chi connectivity index (χ4n) is 11.6. The van der Waals surface area contributed by atoms with Crippen molar-refractivity contribution in [2.45, 2.75) is 122 Å². The largest absolute Gasteiger partial charge is 0.472 e. The highest BCUT2D eigenvalue weighted by Gasteiger charge is 3.03. The molecule has 12 heteroatoms. The smallest absolute Gasteiger partial charge is 0.308 e. The SMILES string of the molecule is CCC12OC3(C)OC14C(C(C)(C)C(=O)c1ccoc1)CC(=O)OC4C1(O)C(OC(=O)C(C)C)C4(C)CC1(O3)C2(C)C4CC(=O)OC. The molecule has 3 aliphatic carbocycles. The number of furan rings is 1. The summed E-state index contributed by atoms with van der Waals surface area (Å²) in [5.41, 5.74) is -10.0. The van der Waals surface area contributed by atoms with Crippen LogP contribution in [0.3, 0.4) is 0 Å². The Morgan fingerprint density at radius 1 is 1.13 bits per heavy atom. The number of carbonyl (C=O) groups is 4. The second-order valence-electron chi connectivity index (χ2n) is 15.7. The molecule has 7 rings (SSSR count). The summed E-state index contributed by atoms with van der Waals surface area (Å²) in [7, 11) is 1.31. The normalized spacial score (nSPS) is 47.9. The van der Waals surface area contributed by atoms with Crippen molar-refractivity contribution in [3.63, 3.8) is 0 Å². The average Bonchev–Trinajstić information content (AvgIpc) is 3.68. The maximum Gasteiger partial charge on any atom is 0.308 e. The first-order chi connectivity index (χ1) is 21.3. The highest BCUT2D eigenvalue weighted by Crippen LogP contribution is 2.88. The molecule has 6 aliphatic rings. The van der Waals surface area contributed by atoms with E-state index in [-0.39, 0.29) is 25.0 Å². The van der Waals surface area contributed by atoms with Crippen molar-refractivity contribution in [3.05, 3.63) is 24.2 Å². The topological polar surface area (TPSA) is 157 Å². The van der Waals surface area contributed by atoms with Gasteiger partial charge in [-0.2, -0.15) is 0 Å². The van der Waals surface area contributed by atoms with Crippen molar-refractivity contribution in [3.8, 4) is 0 Å². The fraction of sp³-hybridized carbons (Fsp3) is 0.765. The molecule has 1 aromatic heterocycles. The molecule has 6 fully saturated rings. The van der Waals surface area contributed by atoms with Gasteiger partial charge in [-0.1, -0.05) is 48.5 Å². The standard InChI is InChI=1S/C34H44O12/c1-10-31-29(7)20(14-21(35)40-9)28(6)16-32(29)33(39,25(28)43-24(38)17(2)3)26-34(31,46-30(8,44-31)45-32)19(13-22(36)42-26)27(4,5)23(37)18-11-12-41-15-18/h11-12,15,17,19-20,25-26,39H,10,13-14,16H2,1-9H3. The Bertz CT molecular complexity index is 1530. The lowest BCUT2D eigenvalue weighted by Gasteiger charge is -2.75. The van der Waals surface area contributed by atoms with Crippen LogP contribution in [0.4, 0.5) is 0 Å². The first-order valence-corrected chi connectivity index (χ1v) is 16.2. The quantitative estimate of drug-likeness (QED) is 0.249. The second kappa shape index (κ2) is 9.00. The number of rotatable bonds is 8. The molecule has 4 heterocycles. The highest BCUT2D eigenvalue weighted by atomic mass is 16.9. The van der Waals surface area contributed by atoms with E-state index in [1.807, 2.05) is 20.8 Å². The molecule has 46 heavy (non-hydrogen) atoms. The molecule has 11 unspecified atom stereocenters. The van der Waals surface area contributed by atoms with Crippen LogP contribution < -0.4 is 0 Å². The van der Waals surface area contributed by atoms with E-state index in [1.54, 1.807) is 40.7 Å². The lowest BCUT2D eigenvalue weighted by molar-refractivity contribution is -0.475. The number of carbonyl (C=O) groups excluding carboxylic acids is 4. The minimum absolute atomic E-state index is 0.0925. The number of hydrogen-bond donors (Lipinski definition) is 1. The van der Waals surface area contributed by atoms with Gasteiger partial charge in [0.1, 0.15) is 29.2 Å². The molecule has 12 nitrogen and oxygen atoms in total. The van der Waals surface area contributed by atoms with E-state index < -0.39 is 92.5 Å². The van der Waals surface area contributed by atoms with Crippen LogP contribution >= 0.6 is 0 Å². The molecule has 3 aliphatic heterocycles. The van der Waals surface area contributed by atoms with Crippen LogP contribution in [0.2, 0.25) is 0 Å². The van der Waals surface area contributed by atoms with Crippen LogP contribution in [0.25, 0.3) is 0 Å². The molecule has 0 amide bonds. The van der Waals surface area contributed by atoms with Crippen molar-refractivity contribution >= 4 is 23.7 Å². The third kappa shape index (κ3) is 3.07. The van der Waals surface area contributed by atoms with Crippen molar-refractivity contribution in [2.24, 2.45) is 34.0 Å². The Morgan fingerprint density at radius 2 is 1.83 bits per heavy atom. The number of fused-ring (bicyclic) bond motifs is 3. The maximum atomic E-state index is 14.3. The first-order valence-electron chi connectivity index (χ1n) is 16.2. The van der Waals surface area contributed by atoms with E-state index in [9.17, 15) is 24.3 Å². The van der Waals surface area contributed by atoms with E-state index in [0.29, 0.717) is 12.0 Å². The number of aliphatic hydroxyl groups is 1. The highest BCUT2D eigenvalue weighted by molar-refractivity contribution is 6.00. The Labute approximate surface area is 267 Å². The summed E-state index contributed by atoms with van der Waals surface area (Å²) in [6.07, 6.45) is 0.139. The summed E-state index contributed by atoms with van der Waals surface area (Å²) in [4.78, 5) is 54.7. The number of hydrogen-bond acceptors (Lipinski definition) is 12. The first kappa shape index (κ1) is 31.8. The van der Waals surface area contributed by atoms with Gasteiger partial charge in [-0.15, -0.1) is 0 Å². The summed E-state index contributed by atoms with van der Waals surface area (Å²) in [6.45, 7) is 14.2. The molecule has 11 atom stereocenters. The molecule has 252 valence electrons. The zero-order chi connectivity index (χ0) is 33.7. The van der Waals surface area contributed by atoms with Gasteiger partial charge in [-0.05, 0) is 24.8 Å². The summed E-state index contributed by atoms with van der Waals surface area (Å²) < 4.78 is 43.9. The minimum Gasteiger partial charge on any atom is -0.472 e. The van der Waals surface area contributed by atoms with Gasteiger partial charge in [0.25, 0.3) is 5.97 Å². The summed E-state index contributed by atoms with van der Waals surface area (Å²) in [5, 5.41) is 13.5. The summed E-state index contributed by atoms with van der Waals surface area (Å²) in [5.74, 6) is -5.83. The molecule has 0 aromatic carbocycles. The Hall–Kier alpha value is -2.80. The van der Waals surface area contributed by atoms with Crippen LogP contribution in [0, 0.1) is 34.0 Å². The van der Waals surface area contributed by atoms with Gasteiger partial charge in [-0.3, -0.25) is 19.2 Å². The van der Waals surface area contributed by atoms with E-state index in [2.05, 4.69) is 0 Å². The van der Waals surface area contributed by atoms with Gasteiger partial charge in [-0.25, -0.2) is 0 Å². The number of ether oxygens (including phenoxy) is 6. The monoisotopic (exact) mass is 644 g/mol. The molecular formula is C34H44O12. The van der Waals surface area contributed by atoms with Crippen molar-refractivity contribution < 1.29 is 57.1 Å². The third-order valence-corrected chi connectivity index (χ3v) is 13.1. The number of esters is 3. The van der Waals surface area contributed by atoms with Crippen molar-refractivity contribution in [1.29, 1.82) is 0 Å². The van der Waals surface area contributed by atoms with Crippen LogP contribution in [0.15, 0.2) is 23.0 Å². The predicted molar refractivity (Wildman–Crippen MR) is 156 cm³/mol. The second-order valence-corrected chi connectivity index (χ2v) is 15.7. The number of methoxy groups -OCH3 is 1. The molecule has 1 aromatic rings. The van der Waals surface area contributed by atoms with Crippen LogP contribution in [-0.2, 0) is 42.8 Å². The summed E-state index contributed by atoms with van der Waals surface area (Å²) >= 11 is 0. The van der Waals surface area contributed by atoms with Crippen molar-refractivity contribution in [2.75, 3.05) is 7.11 Å². The zero-order valence-electron chi connectivity index (χ0n) is 27.9. The van der Waals surface area contributed by atoms with Gasteiger partial charge >= 0.3 is 17.9 Å². The Kier molecular flexibility index (Phi) is 6.22. The van der Waals surface area contributed by atoms with Gasteiger partial charge in [0.2, 0.25) is 0 Å². The maximum absolute atomic E-state index is 14.3. The van der Waals surface area contributed by atoms with Gasteiger partial charge in [0, 0.05) is 35.5 Å². The molecule has 1 N–H and O–H groups in total. The zero-order valence-corrected chi connectivity index (χ0v) is 27.9. The number of ketones is 1. The Morgan fingerprint density at radius 3 is 2.41 bits per heavy atom. The minimum atomic E-state index is -2.16. The predicted octanol–water partition coefficient (Wildman–Crippen LogP) is 3.72. The molecule has 3 saturated heterocycles. The van der Waals surface area contributed by atoms with Gasteiger partial charge in [0.15, 0.2) is 17.5 Å². The average molecular weight is 645 g/mol. The molecular weight excluding hydrogens is 600 g/mol. The van der Waals surface area contributed by atoms with Gasteiger partial charge in [0.05, 0.1) is 31.3 Å². The van der Waals surface area contributed by atoms with Crippen LogP contribution in [0.5, 0.6) is 0 Å². The van der Waals surface area contributed by atoms with E-state index in [1.165, 1.54) is 19.6 Å². The van der Waals surface area contributed by atoms with E-state index >= 15 is 0 Å². The van der Waals surface area contributed by atoms with E-state index in [4.69, 9.17) is 32.8 Å². The molecule has 0 radical (unpaired) electrons. The number of Topliss-reactive ketones (excluding diaryl/α,β-unsaturated/α-hetero) is 1. The van der Waals surface area contributed by atoms with E-state index in [0.717, 1.165) is 0 Å². The third-order valence-electron chi connectivity index (χ3n) is 13.1. The van der Waals surface area contributed by atoms with Crippen LogP contribution in [0.1, 0.15) is 91.4 Å². The fourth-order valence-corrected chi connectivity index (χ4v) is 11.6. The molecule has 2 spiro atoms. The Balaban J connectivity index is 1.55. The lowest BCUT2D eigenvalue weighted by Crippen LogP contribution is -2.93.